The van der Waals surface area contributed by atoms with Crippen molar-refractivity contribution in [2.75, 3.05) is 5.32 Å². The number of nitrogens with one attached hydrogen (secondary N) is 1. The molecule has 0 radical (unpaired) electrons. The van der Waals surface area contributed by atoms with Crippen LogP contribution in [0.1, 0.15) is 20.8 Å². The zero-order chi connectivity index (χ0) is 13.0. The predicted octanol–water partition coefficient (Wildman–Crippen LogP) is 1.43. The van der Waals surface area contributed by atoms with E-state index in [1.54, 1.807) is 6.07 Å². The monoisotopic (exact) mass is 243 g/mol. The average Bonchev–Trinajstić information content (AvgIpc) is 2.40. The van der Waals surface area contributed by atoms with E-state index in [9.17, 15) is 9.59 Å². The van der Waals surface area contributed by atoms with Crippen LogP contribution >= 0.6 is 0 Å². The van der Waals surface area contributed by atoms with Gasteiger partial charge in [-0.1, -0.05) is 0 Å². The van der Waals surface area contributed by atoms with E-state index in [4.69, 9.17) is 5.11 Å². The van der Waals surface area contributed by atoms with Gasteiger partial charge in [0.15, 0.2) is 5.69 Å². The van der Waals surface area contributed by atoms with E-state index >= 15 is 0 Å². The zero-order valence-electron chi connectivity index (χ0n) is 9.20. The van der Waals surface area contributed by atoms with Gasteiger partial charge in [-0.2, -0.15) is 0 Å². The van der Waals surface area contributed by atoms with E-state index in [1.807, 2.05) is 0 Å². The fourth-order valence-electron chi connectivity index (χ4n) is 1.37. The fourth-order valence-corrected chi connectivity index (χ4v) is 1.37. The second-order valence-corrected chi connectivity index (χ2v) is 3.39. The van der Waals surface area contributed by atoms with E-state index in [-0.39, 0.29) is 11.4 Å². The molecule has 18 heavy (non-hydrogen) atoms. The number of hydrogen-bond acceptors (Lipinski definition) is 4. The third-order valence-electron chi connectivity index (χ3n) is 2.20. The van der Waals surface area contributed by atoms with Crippen molar-refractivity contribution in [2.24, 2.45) is 0 Å². The van der Waals surface area contributed by atoms with Gasteiger partial charge in [0.2, 0.25) is 0 Å². The van der Waals surface area contributed by atoms with Gasteiger partial charge in [0.25, 0.3) is 5.91 Å². The summed E-state index contributed by atoms with van der Waals surface area (Å²) in [7, 11) is 0. The molecule has 0 aliphatic carbocycles. The fraction of sp³-hybridized carbons (Fsp3) is 0. The summed E-state index contributed by atoms with van der Waals surface area (Å²) in [6, 6.07) is 6.10. The number of carbonyl (C=O) groups excluding carboxylic acids is 1. The molecular weight excluding hydrogens is 234 g/mol. The normalized spacial score (nSPS) is 9.78. The molecule has 0 saturated heterocycles. The van der Waals surface area contributed by atoms with Crippen molar-refractivity contribution in [3.05, 3.63) is 54.1 Å². The number of amides is 1. The molecule has 0 aliphatic heterocycles. The molecule has 2 aromatic rings. The topological polar surface area (TPSA) is 92.2 Å². The minimum atomic E-state index is -1.19. The molecule has 2 aromatic heterocycles. The summed E-state index contributed by atoms with van der Waals surface area (Å²) in [4.78, 5) is 30.2. The standard InChI is InChI=1S/C12H9N3O3/c16-11(8-3-6-13-7-4-8)15-9-2-1-5-14-10(9)12(17)18/h1-7H,(H,15,16)(H,17,18). The highest BCUT2D eigenvalue weighted by Crippen LogP contribution is 2.13. The van der Waals surface area contributed by atoms with Crippen LogP contribution in [0, 0.1) is 0 Å². The van der Waals surface area contributed by atoms with Crippen LogP contribution in [0.15, 0.2) is 42.9 Å². The first-order valence-electron chi connectivity index (χ1n) is 5.08. The summed E-state index contributed by atoms with van der Waals surface area (Å²) in [6.45, 7) is 0. The Bertz CT molecular complexity index is 584. The molecule has 0 atom stereocenters. The third-order valence-corrected chi connectivity index (χ3v) is 2.20. The molecule has 0 bridgehead atoms. The molecule has 2 rings (SSSR count). The second-order valence-electron chi connectivity index (χ2n) is 3.39. The van der Waals surface area contributed by atoms with E-state index in [2.05, 4.69) is 15.3 Å². The summed E-state index contributed by atoms with van der Waals surface area (Å²) in [5.41, 5.74) is 0.358. The first-order valence-corrected chi connectivity index (χ1v) is 5.08. The van der Waals surface area contributed by atoms with Crippen LogP contribution in [-0.2, 0) is 0 Å². The van der Waals surface area contributed by atoms with Crippen molar-refractivity contribution >= 4 is 17.6 Å². The maximum absolute atomic E-state index is 11.8. The molecule has 90 valence electrons. The molecule has 0 aromatic carbocycles. The number of nitrogens with zero attached hydrogens (tertiary/aromatic N) is 2. The molecule has 6 nitrogen and oxygen atoms in total. The first kappa shape index (κ1) is 11.7. The van der Waals surface area contributed by atoms with Crippen molar-refractivity contribution in [3.63, 3.8) is 0 Å². The van der Waals surface area contributed by atoms with Gasteiger partial charge < -0.3 is 10.4 Å². The van der Waals surface area contributed by atoms with Crippen LogP contribution in [-0.4, -0.2) is 27.0 Å². The van der Waals surface area contributed by atoms with Crippen molar-refractivity contribution < 1.29 is 14.7 Å². The zero-order valence-corrected chi connectivity index (χ0v) is 9.20. The number of hydrogen-bond donors (Lipinski definition) is 2. The quantitative estimate of drug-likeness (QED) is 0.850. The van der Waals surface area contributed by atoms with Gasteiger partial charge in [-0.05, 0) is 24.3 Å². The second kappa shape index (κ2) is 5.05. The lowest BCUT2D eigenvalue weighted by Gasteiger charge is -2.06. The molecule has 6 heteroatoms. The largest absolute Gasteiger partial charge is 0.476 e. The lowest BCUT2D eigenvalue weighted by molar-refractivity contribution is 0.0692. The SMILES string of the molecule is O=C(Nc1cccnc1C(=O)O)c1ccncc1. The summed E-state index contributed by atoms with van der Waals surface area (Å²) in [5, 5.41) is 11.4. The molecule has 0 unspecified atom stereocenters. The Labute approximate surface area is 102 Å². The van der Waals surface area contributed by atoms with Crippen molar-refractivity contribution in [1.29, 1.82) is 0 Å². The number of anilines is 1. The molecule has 0 spiro atoms. The summed E-state index contributed by atoms with van der Waals surface area (Å²) in [6.07, 6.45) is 4.32. The van der Waals surface area contributed by atoms with Crippen molar-refractivity contribution in [2.45, 2.75) is 0 Å². The molecule has 2 heterocycles. The molecule has 0 aliphatic rings. The Balaban J connectivity index is 2.25. The Morgan fingerprint density at radius 2 is 1.83 bits per heavy atom. The molecule has 0 fully saturated rings. The van der Waals surface area contributed by atoms with E-state index in [1.165, 1.54) is 36.8 Å². The number of pyridine rings is 2. The van der Waals surface area contributed by atoms with Gasteiger partial charge in [0.1, 0.15) is 0 Å². The molecular formula is C12H9N3O3. The van der Waals surface area contributed by atoms with Crippen molar-refractivity contribution in [3.8, 4) is 0 Å². The maximum atomic E-state index is 11.8. The van der Waals surface area contributed by atoms with Crippen LogP contribution in [0.4, 0.5) is 5.69 Å². The van der Waals surface area contributed by atoms with Gasteiger partial charge >= 0.3 is 5.97 Å². The lowest BCUT2D eigenvalue weighted by atomic mass is 10.2. The molecule has 1 amide bonds. The first-order chi connectivity index (χ1) is 8.68. The lowest BCUT2D eigenvalue weighted by Crippen LogP contribution is -2.15. The Morgan fingerprint density at radius 3 is 2.50 bits per heavy atom. The number of carboxylic acids is 1. The van der Waals surface area contributed by atoms with Gasteiger partial charge in [-0.25, -0.2) is 9.78 Å². The minimum absolute atomic E-state index is 0.159. The van der Waals surface area contributed by atoms with Crippen molar-refractivity contribution in [1.82, 2.24) is 9.97 Å². The maximum Gasteiger partial charge on any atom is 0.356 e. The summed E-state index contributed by atoms with van der Waals surface area (Å²) in [5.74, 6) is -1.60. The van der Waals surface area contributed by atoms with Gasteiger partial charge in [-0.3, -0.25) is 9.78 Å². The molecule has 0 saturated carbocycles. The van der Waals surface area contributed by atoms with E-state index in [0.717, 1.165) is 0 Å². The average molecular weight is 243 g/mol. The Hall–Kier alpha value is -2.76. The van der Waals surface area contributed by atoms with Crippen LogP contribution in [0.5, 0.6) is 0 Å². The van der Waals surface area contributed by atoms with E-state index in [0.29, 0.717) is 5.56 Å². The highest BCUT2D eigenvalue weighted by molar-refractivity contribution is 6.07. The number of carbonyl (C=O) groups is 2. The highest BCUT2D eigenvalue weighted by atomic mass is 16.4. The highest BCUT2D eigenvalue weighted by Gasteiger charge is 2.13. The van der Waals surface area contributed by atoms with Crippen LogP contribution in [0.25, 0.3) is 0 Å². The van der Waals surface area contributed by atoms with Gasteiger partial charge in [0, 0.05) is 24.2 Å². The number of aromatic nitrogens is 2. The smallest absolute Gasteiger partial charge is 0.356 e. The Morgan fingerprint density at radius 1 is 1.11 bits per heavy atom. The predicted molar refractivity (Wildman–Crippen MR) is 63.4 cm³/mol. The molecule has 2 N–H and O–H groups in total. The third kappa shape index (κ3) is 2.49. The van der Waals surface area contributed by atoms with Crippen LogP contribution < -0.4 is 5.32 Å². The van der Waals surface area contributed by atoms with Gasteiger partial charge in [0.05, 0.1) is 5.69 Å². The summed E-state index contributed by atoms with van der Waals surface area (Å²) < 4.78 is 0. The number of carboxylic acid groups (broad SMARTS) is 1. The summed E-state index contributed by atoms with van der Waals surface area (Å²) >= 11 is 0. The van der Waals surface area contributed by atoms with Crippen LogP contribution in [0.3, 0.4) is 0 Å². The number of rotatable bonds is 3. The van der Waals surface area contributed by atoms with E-state index < -0.39 is 11.9 Å². The number of aromatic carboxylic acids is 1. The van der Waals surface area contributed by atoms with Crippen LogP contribution in [0.2, 0.25) is 0 Å². The Kier molecular flexibility index (Phi) is 3.29. The van der Waals surface area contributed by atoms with Gasteiger partial charge in [-0.15, -0.1) is 0 Å². The minimum Gasteiger partial charge on any atom is -0.476 e.